The first-order valence-electron chi connectivity index (χ1n) is 6.97. The van der Waals surface area contributed by atoms with E-state index in [1.54, 1.807) is 24.3 Å². The van der Waals surface area contributed by atoms with Crippen LogP contribution in [0.15, 0.2) is 51.8 Å². The number of halogens is 2. The Bertz CT molecular complexity index is 869. The van der Waals surface area contributed by atoms with Crippen LogP contribution >= 0.6 is 27.5 Å². The average Bonchev–Trinajstić information content (AvgIpc) is 2.54. The predicted octanol–water partition coefficient (Wildman–Crippen LogP) is 3.28. The smallest absolute Gasteiger partial charge is 0.251 e. The summed E-state index contributed by atoms with van der Waals surface area (Å²) in [7, 11) is -0.779. The third-order valence-electron chi connectivity index (χ3n) is 3.35. The molecule has 0 heterocycles. The number of hydrogen-bond donors (Lipinski definition) is 1. The van der Waals surface area contributed by atoms with Crippen molar-refractivity contribution in [3.8, 4) is 0 Å². The lowest BCUT2D eigenvalue weighted by Gasteiger charge is -2.14. The molecule has 128 valence electrons. The summed E-state index contributed by atoms with van der Waals surface area (Å²) in [5.41, 5.74) is 1.04. The number of carbonyl (C=O) groups excluding carboxylic acids is 1. The molecule has 0 aromatic heterocycles. The maximum Gasteiger partial charge on any atom is 0.251 e. The number of rotatable bonds is 5. The first-order chi connectivity index (χ1) is 11.2. The second-order valence-corrected chi connectivity index (χ2v) is 8.59. The minimum Gasteiger partial charge on any atom is -0.348 e. The Morgan fingerprint density at radius 2 is 1.88 bits per heavy atom. The van der Waals surface area contributed by atoms with Crippen molar-refractivity contribution in [3.63, 3.8) is 0 Å². The molecule has 24 heavy (non-hydrogen) atoms. The number of sulfonamides is 1. The molecule has 0 bridgehead atoms. The summed E-state index contributed by atoms with van der Waals surface area (Å²) in [6.45, 7) is 0.254. The summed E-state index contributed by atoms with van der Waals surface area (Å²) in [4.78, 5) is 12.4. The van der Waals surface area contributed by atoms with E-state index in [0.29, 0.717) is 9.50 Å². The summed E-state index contributed by atoms with van der Waals surface area (Å²) in [5, 5.41) is 3.30. The maximum absolute atomic E-state index is 12.3. The highest BCUT2D eigenvalue weighted by Crippen LogP contribution is 2.25. The van der Waals surface area contributed by atoms with Crippen molar-refractivity contribution >= 4 is 43.5 Å². The number of nitrogens with zero attached hydrogens (tertiary/aromatic N) is 1. The maximum atomic E-state index is 12.3. The van der Waals surface area contributed by atoms with E-state index in [-0.39, 0.29) is 22.9 Å². The molecule has 1 N–H and O–H groups in total. The summed E-state index contributed by atoms with van der Waals surface area (Å²) in [5.74, 6) is -0.377. The van der Waals surface area contributed by atoms with Crippen LogP contribution in [0.5, 0.6) is 0 Å². The average molecular weight is 432 g/mol. The van der Waals surface area contributed by atoms with Crippen molar-refractivity contribution in [2.24, 2.45) is 0 Å². The molecule has 2 rings (SSSR count). The molecule has 0 atom stereocenters. The number of hydrogen-bond acceptors (Lipinski definition) is 3. The van der Waals surface area contributed by atoms with Crippen molar-refractivity contribution in [1.82, 2.24) is 9.62 Å². The Labute approximate surface area is 154 Å². The fourth-order valence-electron chi connectivity index (χ4n) is 1.96. The molecule has 1 amide bonds. The molecule has 0 aliphatic heterocycles. The zero-order valence-corrected chi connectivity index (χ0v) is 16.2. The number of carbonyl (C=O) groups is 1. The highest BCUT2D eigenvalue weighted by atomic mass is 79.9. The second-order valence-electron chi connectivity index (χ2n) is 5.21. The van der Waals surface area contributed by atoms with Crippen molar-refractivity contribution < 1.29 is 13.2 Å². The third kappa shape index (κ3) is 4.16. The summed E-state index contributed by atoms with van der Waals surface area (Å²) in [6, 6.07) is 11.6. The van der Waals surface area contributed by atoms with Gasteiger partial charge in [-0.05, 0) is 45.8 Å². The molecular formula is C16H16BrClN2O3S. The monoisotopic (exact) mass is 430 g/mol. The van der Waals surface area contributed by atoms with E-state index in [1.165, 1.54) is 20.2 Å². The molecule has 0 spiro atoms. The van der Waals surface area contributed by atoms with Crippen LogP contribution < -0.4 is 5.32 Å². The fourth-order valence-corrected chi connectivity index (χ4v) is 4.00. The van der Waals surface area contributed by atoms with Gasteiger partial charge in [0.2, 0.25) is 10.0 Å². The summed E-state index contributed by atoms with van der Waals surface area (Å²) >= 11 is 9.27. The van der Waals surface area contributed by atoms with Crippen LogP contribution in [0.1, 0.15) is 15.9 Å². The van der Waals surface area contributed by atoms with Gasteiger partial charge in [-0.1, -0.05) is 29.8 Å². The van der Waals surface area contributed by atoms with Gasteiger partial charge in [-0.2, -0.15) is 0 Å². The molecule has 0 unspecified atom stereocenters. The second kappa shape index (κ2) is 7.65. The molecule has 0 aliphatic rings. The van der Waals surface area contributed by atoms with Gasteiger partial charge in [0.25, 0.3) is 5.91 Å². The van der Waals surface area contributed by atoms with E-state index < -0.39 is 10.0 Å². The van der Waals surface area contributed by atoms with Crippen LogP contribution in [0.3, 0.4) is 0 Å². The van der Waals surface area contributed by atoms with Crippen molar-refractivity contribution in [2.45, 2.75) is 11.4 Å². The van der Waals surface area contributed by atoms with Crippen molar-refractivity contribution in [1.29, 1.82) is 0 Å². The normalized spacial score (nSPS) is 11.5. The lowest BCUT2D eigenvalue weighted by molar-refractivity contribution is 0.0950. The highest BCUT2D eigenvalue weighted by Gasteiger charge is 2.22. The lowest BCUT2D eigenvalue weighted by Crippen LogP contribution is -2.25. The van der Waals surface area contributed by atoms with Crippen molar-refractivity contribution in [2.75, 3.05) is 14.1 Å². The van der Waals surface area contributed by atoms with E-state index in [2.05, 4.69) is 21.2 Å². The Hall–Kier alpha value is -1.41. The number of nitrogens with one attached hydrogen (secondary N) is 1. The first kappa shape index (κ1) is 18.9. The molecule has 8 heteroatoms. The van der Waals surface area contributed by atoms with Gasteiger partial charge < -0.3 is 5.32 Å². The molecule has 0 radical (unpaired) electrons. The topological polar surface area (TPSA) is 66.5 Å². The fraction of sp³-hybridized carbons (Fsp3) is 0.188. The van der Waals surface area contributed by atoms with E-state index >= 15 is 0 Å². The zero-order valence-electron chi connectivity index (χ0n) is 13.1. The van der Waals surface area contributed by atoms with E-state index in [0.717, 1.165) is 9.87 Å². The molecule has 0 aliphatic carbocycles. The van der Waals surface area contributed by atoms with E-state index in [1.807, 2.05) is 12.1 Å². The third-order valence-corrected chi connectivity index (χ3v) is 6.53. The van der Waals surface area contributed by atoms with Gasteiger partial charge in [-0.15, -0.1) is 0 Å². The standard InChI is InChI=1S/C16H16BrClN2O3S/c1-20(2)24(22,23)15-9-11(7-8-13(15)17)16(21)19-10-12-5-3-4-6-14(12)18/h3-9H,10H2,1-2H3,(H,19,21). The molecule has 0 fully saturated rings. The van der Waals surface area contributed by atoms with Crippen molar-refractivity contribution in [3.05, 3.63) is 63.1 Å². The van der Waals surface area contributed by atoms with Gasteiger partial charge >= 0.3 is 0 Å². The van der Waals surface area contributed by atoms with Gasteiger partial charge in [0.05, 0.1) is 4.90 Å². The molecule has 0 saturated heterocycles. The highest BCUT2D eigenvalue weighted by molar-refractivity contribution is 9.10. The number of amides is 1. The Balaban J connectivity index is 2.23. The van der Waals surface area contributed by atoms with Gasteiger partial charge in [0.1, 0.15) is 0 Å². The molecular weight excluding hydrogens is 416 g/mol. The first-order valence-corrected chi connectivity index (χ1v) is 9.58. The lowest BCUT2D eigenvalue weighted by atomic mass is 10.2. The number of benzene rings is 2. The minimum absolute atomic E-state index is 0.0397. The van der Waals surface area contributed by atoms with Crippen LogP contribution in [-0.2, 0) is 16.6 Å². The van der Waals surface area contributed by atoms with E-state index in [4.69, 9.17) is 11.6 Å². The van der Waals surface area contributed by atoms with Crippen LogP contribution in [0.25, 0.3) is 0 Å². The minimum atomic E-state index is -3.65. The molecule has 2 aromatic rings. The summed E-state index contributed by atoms with van der Waals surface area (Å²) in [6.07, 6.45) is 0. The Morgan fingerprint density at radius 3 is 2.50 bits per heavy atom. The van der Waals surface area contributed by atoms with Gasteiger partial charge in [-0.3, -0.25) is 4.79 Å². The largest absolute Gasteiger partial charge is 0.348 e. The van der Waals surface area contributed by atoms with Crippen LogP contribution in [-0.4, -0.2) is 32.7 Å². The molecule has 0 saturated carbocycles. The molecule has 2 aromatic carbocycles. The zero-order chi connectivity index (χ0) is 17.9. The van der Waals surface area contributed by atoms with Crippen LogP contribution in [0.4, 0.5) is 0 Å². The Kier molecular flexibility index (Phi) is 6.03. The van der Waals surface area contributed by atoms with Gasteiger partial charge in [-0.25, -0.2) is 12.7 Å². The van der Waals surface area contributed by atoms with Gasteiger partial charge in [0.15, 0.2) is 0 Å². The van der Waals surface area contributed by atoms with E-state index in [9.17, 15) is 13.2 Å². The Morgan fingerprint density at radius 1 is 1.21 bits per heavy atom. The quantitative estimate of drug-likeness (QED) is 0.790. The van der Waals surface area contributed by atoms with Crippen LogP contribution in [0.2, 0.25) is 5.02 Å². The van der Waals surface area contributed by atoms with Crippen LogP contribution in [0, 0.1) is 0 Å². The predicted molar refractivity (Wildman–Crippen MR) is 97.6 cm³/mol. The SMILES string of the molecule is CN(C)S(=O)(=O)c1cc(C(=O)NCc2ccccc2Cl)ccc1Br. The van der Waals surface area contributed by atoms with Gasteiger partial charge in [0, 0.05) is 35.7 Å². The summed E-state index contributed by atoms with van der Waals surface area (Å²) < 4.78 is 26.1. The molecule has 5 nitrogen and oxygen atoms in total.